The summed E-state index contributed by atoms with van der Waals surface area (Å²) in [5.41, 5.74) is 1.69. The summed E-state index contributed by atoms with van der Waals surface area (Å²) < 4.78 is 4.46. The monoisotopic (exact) mass is 157 g/mol. The van der Waals surface area contributed by atoms with E-state index < -0.39 is 0 Å². The van der Waals surface area contributed by atoms with E-state index in [1.165, 1.54) is 18.4 Å². The van der Waals surface area contributed by atoms with Gasteiger partial charge in [-0.1, -0.05) is 0 Å². The summed E-state index contributed by atoms with van der Waals surface area (Å²) >= 11 is 1.45. The van der Waals surface area contributed by atoms with Gasteiger partial charge in [0.05, 0.1) is 19.0 Å². The Hall–Kier alpha value is -0.900. The van der Waals surface area contributed by atoms with Gasteiger partial charge in [-0.25, -0.2) is 0 Å². The van der Waals surface area contributed by atoms with Crippen LogP contribution in [0.5, 0.6) is 0 Å². The number of ether oxygens (including phenoxy) is 1. The zero-order valence-corrected chi connectivity index (χ0v) is 6.35. The number of carbonyl (C=O) groups is 1. The largest absolute Gasteiger partial charge is 0.469 e. The Labute approximate surface area is 62.7 Å². The highest BCUT2D eigenvalue weighted by atomic mass is 32.1. The predicted octanol–water partition coefficient (Wildman–Crippen LogP) is 0.859. The Morgan fingerprint density at radius 3 is 3.20 bits per heavy atom. The molecule has 1 rings (SSSR count). The third-order valence-corrected chi connectivity index (χ3v) is 1.81. The molecule has 0 saturated heterocycles. The van der Waals surface area contributed by atoms with Crippen LogP contribution in [0.3, 0.4) is 0 Å². The van der Waals surface area contributed by atoms with E-state index in [2.05, 4.69) is 9.72 Å². The van der Waals surface area contributed by atoms with Gasteiger partial charge in [0.15, 0.2) is 0 Å². The highest BCUT2D eigenvalue weighted by molar-refractivity contribution is 7.09. The molecule has 0 unspecified atom stereocenters. The van der Waals surface area contributed by atoms with Crippen LogP contribution >= 0.6 is 11.3 Å². The van der Waals surface area contributed by atoms with E-state index >= 15 is 0 Å². The fourth-order valence-electron chi connectivity index (χ4n) is 0.544. The molecule has 0 radical (unpaired) electrons. The maximum Gasteiger partial charge on any atom is 0.310 e. The molecule has 0 saturated carbocycles. The van der Waals surface area contributed by atoms with Gasteiger partial charge >= 0.3 is 5.97 Å². The molecule has 0 amide bonds. The van der Waals surface area contributed by atoms with E-state index in [9.17, 15) is 4.79 Å². The molecule has 0 N–H and O–H groups in total. The fraction of sp³-hybridized carbons (Fsp3) is 0.333. The Bertz CT molecular complexity index is 208. The average molecular weight is 157 g/mol. The summed E-state index contributed by atoms with van der Waals surface area (Å²) in [4.78, 5) is 15.4. The minimum absolute atomic E-state index is 0.218. The molecule has 0 aliphatic rings. The van der Waals surface area contributed by atoms with Crippen molar-refractivity contribution in [3.63, 3.8) is 0 Å². The van der Waals surface area contributed by atoms with Gasteiger partial charge in [0, 0.05) is 11.1 Å². The van der Waals surface area contributed by atoms with Crippen molar-refractivity contribution in [1.82, 2.24) is 4.98 Å². The molecule has 0 atom stereocenters. The van der Waals surface area contributed by atoms with Crippen LogP contribution < -0.4 is 0 Å². The average Bonchev–Trinajstić information content (AvgIpc) is 2.40. The molecule has 1 aromatic heterocycles. The normalized spacial score (nSPS) is 9.30. The van der Waals surface area contributed by atoms with Crippen LogP contribution in [0.4, 0.5) is 0 Å². The van der Waals surface area contributed by atoms with Crippen LogP contribution in [0.25, 0.3) is 0 Å². The zero-order chi connectivity index (χ0) is 7.40. The van der Waals surface area contributed by atoms with E-state index in [4.69, 9.17) is 0 Å². The quantitative estimate of drug-likeness (QED) is 0.598. The van der Waals surface area contributed by atoms with Gasteiger partial charge in [0.1, 0.15) is 0 Å². The molecule has 1 aromatic rings. The van der Waals surface area contributed by atoms with Crippen molar-refractivity contribution in [3.05, 3.63) is 16.6 Å². The number of methoxy groups -OCH3 is 1. The van der Waals surface area contributed by atoms with Gasteiger partial charge in [0.2, 0.25) is 0 Å². The lowest BCUT2D eigenvalue weighted by Gasteiger charge is -1.92. The first-order valence-electron chi connectivity index (χ1n) is 2.77. The van der Waals surface area contributed by atoms with E-state index in [1.54, 1.807) is 11.7 Å². The lowest BCUT2D eigenvalue weighted by Crippen LogP contribution is -2.02. The first-order valence-corrected chi connectivity index (χ1v) is 3.65. The second-order valence-electron chi connectivity index (χ2n) is 1.72. The molecular weight excluding hydrogens is 150 g/mol. The Kier molecular flexibility index (Phi) is 2.39. The summed E-state index contributed by atoms with van der Waals surface area (Å²) in [6.07, 6.45) is 2.00. The third-order valence-electron chi connectivity index (χ3n) is 1.03. The van der Waals surface area contributed by atoms with Crippen LogP contribution in [-0.2, 0) is 16.0 Å². The summed E-state index contributed by atoms with van der Waals surface area (Å²) in [7, 11) is 1.38. The van der Waals surface area contributed by atoms with Crippen molar-refractivity contribution >= 4 is 17.3 Å². The van der Waals surface area contributed by atoms with Crippen LogP contribution in [0.1, 0.15) is 4.88 Å². The van der Waals surface area contributed by atoms with Crippen molar-refractivity contribution in [1.29, 1.82) is 0 Å². The maximum atomic E-state index is 10.6. The number of aromatic nitrogens is 1. The van der Waals surface area contributed by atoms with Crippen molar-refractivity contribution < 1.29 is 9.53 Å². The molecule has 0 bridgehead atoms. The molecule has 0 aromatic carbocycles. The van der Waals surface area contributed by atoms with Crippen LogP contribution in [0.15, 0.2) is 11.7 Å². The van der Waals surface area contributed by atoms with Crippen molar-refractivity contribution in [2.24, 2.45) is 0 Å². The van der Waals surface area contributed by atoms with Gasteiger partial charge in [-0.2, -0.15) is 0 Å². The number of hydrogen-bond acceptors (Lipinski definition) is 4. The summed E-state index contributed by atoms with van der Waals surface area (Å²) in [6.45, 7) is 0. The molecule has 4 heteroatoms. The van der Waals surface area contributed by atoms with Gasteiger partial charge in [-0.3, -0.25) is 9.78 Å². The Morgan fingerprint density at radius 2 is 2.70 bits per heavy atom. The second kappa shape index (κ2) is 3.31. The minimum atomic E-state index is -0.218. The standard InChI is InChI=1S/C6H7NO2S/c1-9-6(8)2-5-3-7-4-10-5/h3-4H,2H2,1H3. The smallest absolute Gasteiger partial charge is 0.310 e. The molecule has 0 fully saturated rings. The maximum absolute atomic E-state index is 10.6. The van der Waals surface area contributed by atoms with Crippen LogP contribution in [-0.4, -0.2) is 18.1 Å². The van der Waals surface area contributed by atoms with Crippen molar-refractivity contribution in [3.8, 4) is 0 Å². The zero-order valence-electron chi connectivity index (χ0n) is 5.53. The fourth-order valence-corrected chi connectivity index (χ4v) is 1.12. The lowest BCUT2D eigenvalue weighted by molar-refractivity contribution is -0.139. The number of rotatable bonds is 2. The lowest BCUT2D eigenvalue weighted by atomic mass is 10.4. The molecule has 54 valence electrons. The van der Waals surface area contributed by atoms with E-state index in [1.807, 2.05) is 0 Å². The second-order valence-corrected chi connectivity index (χ2v) is 2.69. The number of carbonyl (C=O) groups excluding carboxylic acids is 1. The van der Waals surface area contributed by atoms with E-state index in [-0.39, 0.29) is 5.97 Å². The van der Waals surface area contributed by atoms with Crippen molar-refractivity contribution in [2.75, 3.05) is 7.11 Å². The molecule has 10 heavy (non-hydrogen) atoms. The highest BCUT2D eigenvalue weighted by Crippen LogP contribution is 2.06. The first-order chi connectivity index (χ1) is 4.83. The molecular formula is C6H7NO2S. The number of thiazole rings is 1. The highest BCUT2D eigenvalue weighted by Gasteiger charge is 2.02. The Balaban J connectivity index is 2.48. The van der Waals surface area contributed by atoms with Gasteiger partial charge in [0.25, 0.3) is 0 Å². The van der Waals surface area contributed by atoms with Gasteiger partial charge in [-0.15, -0.1) is 11.3 Å². The number of esters is 1. The Morgan fingerprint density at radius 1 is 1.90 bits per heavy atom. The van der Waals surface area contributed by atoms with Crippen LogP contribution in [0, 0.1) is 0 Å². The number of nitrogens with zero attached hydrogens (tertiary/aromatic N) is 1. The van der Waals surface area contributed by atoms with Gasteiger partial charge in [-0.05, 0) is 0 Å². The molecule has 0 aliphatic heterocycles. The summed E-state index contributed by atoms with van der Waals surface area (Å²) in [6, 6.07) is 0. The molecule has 0 spiro atoms. The van der Waals surface area contributed by atoms with E-state index in [0.29, 0.717) is 6.42 Å². The predicted molar refractivity (Wildman–Crippen MR) is 37.8 cm³/mol. The van der Waals surface area contributed by atoms with Gasteiger partial charge < -0.3 is 4.74 Å². The first kappa shape index (κ1) is 7.21. The summed E-state index contributed by atoms with van der Waals surface area (Å²) in [5, 5.41) is 0. The molecule has 1 heterocycles. The van der Waals surface area contributed by atoms with E-state index in [0.717, 1.165) is 4.88 Å². The summed E-state index contributed by atoms with van der Waals surface area (Å²) in [5.74, 6) is -0.218. The molecule has 3 nitrogen and oxygen atoms in total. The topological polar surface area (TPSA) is 39.2 Å². The SMILES string of the molecule is COC(=O)Cc1cncs1. The number of hydrogen-bond donors (Lipinski definition) is 0. The third kappa shape index (κ3) is 1.80. The van der Waals surface area contributed by atoms with Crippen molar-refractivity contribution in [2.45, 2.75) is 6.42 Å². The minimum Gasteiger partial charge on any atom is -0.469 e. The molecule has 0 aliphatic carbocycles. The van der Waals surface area contributed by atoms with Crippen LogP contribution in [0.2, 0.25) is 0 Å².